The maximum absolute atomic E-state index is 12.0. The van der Waals surface area contributed by atoms with Gasteiger partial charge in [-0.1, -0.05) is 0 Å². The first kappa shape index (κ1) is 23.7. The Morgan fingerprint density at radius 2 is 1.73 bits per heavy atom. The molecule has 0 spiro atoms. The van der Waals surface area contributed by atoms with E-state index in [1.807, 2.05) is 18.7 Å². The zero-order valence-corrected chi connectivity index (χ0v) is 15.0. The molecule has 1 unspecified atom stereocenters. The van der Waals surface area contributed by atoms with Gasteiger partial charge in [-0.2, -0.15) is 0 Å². The maximum atomic E-state index is 12.0. The van der Waals surface area contributed by atoms with Gasteiger partial charge < -0.3 is 20.7 Å². The number of halogens is 2. The third-order valence-corrected chi connectivity index (χ3v) is 3.16. The van der Waals surface area contributed by atoms with E-state index in [2.05, 4.69) is 5.32 Å². The molecule has 1 saturated heterocycles. The van der Waals surface area contributed by atoms with Crippen LogP contribution in [0.15, 0.2) is 0 Å². The zero-order chi connectivity index (χ0) is 15.1. The Balaban J connectivity index is 0. The van der Waals surface area contributed by atoms with Crippen LogP contribution in [0.2, 0.25) is 0 Å². The van der Waals surface area contributed by atoms with E-state index in [-0.39, 0.29) is 49.3 Å². The molecule has 9 heteroatoms. The molecule has 0 saturated carbocycles. The highest BCUT2D eigenvalue weighted by Crippen LogP contribution is 2.03. The Bertz CT molecular complexity index is 337. The van der Waals surface area contributed by atoms with Crippen LogP contribution in [0.1, 0.15) is 13.8 Å². The topological polar surface area (TPSA) is 87.9 Å². The number of nitrogens with one attached hydrogen (secondary N) is 1. The lowest BCUT2D eigenvalue weighted by Gasteiger charge is -2.35. The fraction of sp³-hybridized carbons (Fsp3) is 0.846. The minimum atomic E-state index is -0.601. The van der Waals surface area contributed by atoms with E-state index in [9.17, 15) is 9.59 Å². The number of rotatable bonds is 6. The number of nitrogens with two attached hydrogens (primary N) is 1. The summed E-state index contributed by atoms with van der Waals surface area (Å²) in [7, 11) is 1.53. The summed E-state index contributed by atoms with van der Waals surface area (Å²) in [4.78, 5) is 27.4. The molecular weight excluding hydrogens is 331 g/mol. The van der Waals surface area contributed by atoms with E-state index in [1.54, 1.807) is 4.90 Å². The molecule has 132 valence electrons. The van der Waals surface area contributed by atoms with Crippen molar-refractivity contribution in [3.05, 3.63) is 0 Å². The van der Waals surface area contributed by atoms with Gasteiger partial charge in [0, 0.05) is 39.3 Å². The summed E-state index contributed by atoms with van der Waals surface area (Å²) in [6.45, 7) is 7.07. The summed E-state index contributed by atoms with van der Waals surface area (Å²) in [6.07, 6.45) is 0. The van der Waals surface area contributed by atoms with Crippen molar-refractivity contribution in [2.75, 3.05) is 46.4 Å². The maximum Gasteiger partial charge on any atom is 0.241 e. The van der Waals surface area contributed by atoms with E-state index in [4.69, 9.17) is 10.5 Å². The van der Waals surface area contributed by atoms with Crippen molar-refractivity contribution < 1.29 is 14.3 Å². The number of ether oxygens (including phenoxy) is 1. The number of carbonyl (C=O) groups excluding carboxylic acids is 2. The Hall–Kier alpha value is -0.600. The Kier molecular flexibility index (Phi) is 12.8. The Morgan fingerprint density at radius 3 is 2.18 bits per heavy atom. The third-order valence-electron chi connectivity index (χ3n) is 3.16. The molecule has 0 aliphatic carbocycles. The monoisotopic (exact) mass is 358 g/mol. The first-order valence-corrected chi connectivity index (χ1v) is 6.99. The van der Waals surface area contributed by atoms with Crippen molar-refractivity contribution in [1.29, 1.82) is 0 Å². The van der Waals surface area contributed by atoms with Crippen molar-refractivity contribution in [3.63, 3.8) is 0 Å². The smallest absolute Gasteiger partial charge is 0.241 e. The predicted molar refractivity (Wildman–Crippen MR) is 90.6 cm³/mol. The number of piperazine rings is 1. The van der Waals surface area contributed by atoms with Gasteiger partial charge in [0.1, 0.15) is 6.04 Å². The van der Waals surface area contributed by atoms with Crippen molar-refractivity contribution in [2.24, 2.45) is 5.73 Å². The van der Waals surface area contributed by atoms with E-state index >= 15 is 0 Å². The molecule has 0 radical (unpaired) electrons. The van der Waals surface area contributed by atoms with E-state index in [1.165, 1.54) is 7.11 Å². The fourth-order valence-corrected chi connectivity index (χ4v) is 2.18. The van der Waals surface area contributed by atoms with Gasteiger partial charge in [0.05, 0.1) is 13.2 Å². The van der Waals surface area contributed by atoms with Crippen molar-refractivity contribution in [1.82, 2.24) is 15.1 Å². The van der Waals surface area contributed by atoms with Gasteiger partial charge in [0.15, 0.2) is 0 Å². The highest BCUT2D eigenvalue weighted by Gasteiger charge is 2.25. The van der Waals surface area contributed by atoms with Crippen LogP contribution in [0.5, 0.6) is 0 Å². The van der Waals surface area contributed by atoms with Crippen LogP contribution in [0.4, 0.5) is 0 Å². The fourth-order valence-electron chi connectivity index (χ4n) is 2.18. The van der Waals surface area contributed by atoms with Gasteiger partial charge in [-0.25, -0.2) is 0 Å². The van der Waals surface area contributed by atoms with Gasteiger partial charge in [0.25, 0.3) is 0 Å². The molecule has 1 atom stereocenters. The van der Waals surface area contributed by atoms with Gasteiger partial charge in [0.2, 0.25) is 11.8 Å². The molecule has 0 aromatic rings. The largest absolute Gasteiger partial charge is 0.383 e. The standard InChI is InChI=1S/C13H26N4O3.2ClH/c1-10(2)15-12(18)8-16-4-6-17(7-5-16)13(19)11(14)9-20-3;;/h10-11H,4-9,14H2,1-3H3,(H,15,18);2*1H. The molecule has 7 nitrogen and oxygen atoms in total. The normalized spacial score (nSPS) is 16.5. The van der Waals surface area contributed by atoms with Crippen LogP contribution in [-0.4, -0.2) is 80.1 Å². The number of hydrogen-bond donors (Lipinski definition) is 2. The highest BCUT2D eigenvalue weighted by molar-refractivity contribution is 5.85. The van der Waals surface area contributed by atoms with Crippen LogP contribution in [0.3, 0.4) is 0 Å². The number of methoxy groups -OCH3 is 1. The number of carbonyl (C=O) groups is 2. The van der Waals surface area contributed by atoms with Gasteiger partial charge in [-0.3, -0.25) is 14.5 Å². The first-order chi connectivity index (χ1) is 9.43. The number of hydrogen-bond acceptors (Lipinski definition) is 5. The molecule has 1 fully saturated rings. The molecule has 0 aromatic heterocycles. The van der Waals surface area contributed by atoms with Crippen LogP contribution in [0, 0.1) is 0 Å². The molecule has 0 bridgehead atoms. The van der Waals surface area contributed by atoms with Crippen LogP contribution in [0.25, 0.3) is 0 Å². The number of nitrogens with zero attached hydrogens (tertiary/aromatic N) is 2. The van der Waals surface area contributed by atoms with Crippen molar-refractivity contribution in [2.45, 2.75) is 25.9 Å². The van der Waals surface area contributed by atoms with Crippen molar-refractivity contribution in [3.8, 4) is 0 Å². The molecule has 2 amide bonds. The lowest BCUT2D eigenvalue weighted by atomic mass is 10.2. The summed E-state index contributed by atoms with van der Waals surface area (Å²) in [5.74, 6) is -0.0611. The highest BCUT2D eigenvalue weighted by atomic mass is 35.5. The summed E-state index contributed by atoms with van der Waals surface area (Å²) in [6, 6.07) is -0.451. The average molecular weight is 359 g/mol. The predicted octanol–water partition coefficient (Wildman–Crippen LogP) is -0.527. The quantitative estimate of drug-likeness (QED) is 0.666. The minimum Gasteiger partial charge on any atom is -0.383 e. The van der Waals surface area contributed by atoms with Gasteiger partial charge in [-0.15, -0.1) is 24.8 Å². The zero-order valence-electron chi connectivity index (χ0n) is 13.4. The van der Waals surface area contributed by atoms with E-state index in [0.29, 0.717) is 32.7 Å². The third kappa shape index (κ3) is 8.14. The van der Waals surface area contributed by atoms with Gasteiger partial charge >= 0.3 is 0 Å². The molecule has 22 heavy (non-hydrogen) atoms. The molecule has 1 aliphatic heterocycles. The Morgan fingerprint density at radius 1 is 1.18 bits per heavy atom. The summed E-state index contributed by atoms with van der Waals surface area (Å²) < 4.78 is 4.89. The van der Waals surface area contributed by atoms with Gasteiger partial charge in [-0.05, 0) is 13.8 Å². The minimum absolute atomic E-state index is 0. The average Bonchev–Trinajstić information content (AvgIpc) is 2.38. The molecule has 1 rings (SSSR count). The molecule has 1 heterocycles. The molecular formula is C13H28Cl2N4O3. The lowest BCUT2D eigenvalue weighted by Crippen LogP contribution is -2.55. The summed E-state index contributed by atoms with van der Waals surface area (Å²) in [5.41, 5.74) is 5.73. The summed E-state index contributed by atoms with van der Waals surface area (Å²) >= 11 is 0. The second-order valence-corrected chi connectivity index (χ2v) is 5.39. The van der Waals surface area contributed by atoms with Crippen LogP contribution in [-0.2, 0) is 14.3 Å². The lowest BCUT2D eigenvalue weighted by molar-refractivity contribution is -0.135. The molecule has 3 N–H and O–H groups in total. The number of amides is 2. The SMILES string of the molecule is COCC(N)C(=O)N1CCN(CC(=O)NC(C)C)CC1.Cl.Cl. The summed E-state index contributed by atoms with van der Waals surface area (Å²) in [5, 5.41) is 2.86. The first-order valence-electron chi connectivity index (χ1n) is 6.99. The van der Waals surface area contributed by atoms with E-state index in [0.717, 1.165) is 0 Å². The van der Waals surface area contributed by atoms with Crippen molar-refractivity contribution >= 4 is 36.6 Å². The molecule has 0 aromatic carbocycles. The second kappa shape index (κ2) is 11.9. The molecule has 1 aliphatic rings. The second-order valence-electron chi connectivity index (χ2n) is 5.39. The van der Waals surface area contributed by atoms with E-state index < -0.39 is 6.04 Å². The Labute approximate surface area is 144 Å². The van der Waals surface area contributed by atoms with Crippen LogP contribution >= 0.6 is 24.8 Å². The van der Waals surface area contributed by atoms with Crippen LogP contribution < -0.4 is 11.1 Å².